The van der Waals surface area contributed by atoms with Crippen molar-refractivity contribution in [3.8, 4) is 5.75 Å². The fourth-order valence-electron chi connectivity index (χ4n) is 2.54. The Labute approximate surface area is 169 Å². The highest BCUT2D eigenvalue weighted by molar-refractivity contribution is 7.85. The molecular weight excluding hydrogens is 392 g/mol. The van der Waals surface area contributed by atoms with Crippen LogP contribution in [0.3, 0.4) is 0 Å². The molecule has 0 amide bonds. The van der Waals surface area contributed by atoms with Crippen LogP contribution < -0.4 is 10.5 Å². The molecule has 0 spiro atoms. The van der Waals surface area contributed by atoms with Gasteiger partial charge < -0.3 is 10.5 Å². The topological polar surface area (TPSA) is 131 Å². The molecule has 1 unspecified atom stereocenters. The summed E-state index contributed by atoms with van der Waals surface area (Å²) in [5.74, 6) is -0.0853. The van der Waals surface area contributed by atoms with Gasteiger partial charge in [-0.25, -0.2) is 0 Å². The van der Waals surface area contributed by atoms with Crippen molar-refractivity contribution < 1.29 is 22.5 Å². The lowest BCUT2D eigenvalue weighted by Crippen LogP contribution is -2.16. The Bertz CT molecular complexity index is 1120. The lowest BCUT2D eigenvalue weighted by Gasteiger charge is -2.12. The molecule has 0 aliphatic heterocycles. The molecule has 0 saturated heterocycles. The zero-order valence-corrected chi connectivity index (χ0v) is 16.8. The molecular formula is C21H22N2O5S. The Morgan fingerprint density at radius 2 is 1.59 bits per heavy atom. The number of hydrogen-bond acceptors (Lipinski definition) is 5. The predicted molar refractivity (Wildman–Crippen MR) is 113 cm³/mol. The molecule has 0 radical (unpaired) electrons. The number of nitrogen functional groups attached to an aromatic ring is 1. The van der Waals surface area contributed by atoms with Crippen LogP contribution in [0.25, 0.3) is 10.8 Å². The summed E-state index contributed by atoms with van der Waals surface area (Å²) in [4.78, 5) is 12.3. The summed E-state index contributed by atoms with van der Waals surface area (Å²) >= 11 is 0. The van der Waals surface area contributed by atoms with Crippen LogP contribution in [0.2, 0.25) is 0 Å². The number of amidine groups is 1. The van der Waals surface area contributed by atoms with Gasteiger partial charge in [-0.1, -0.05) is 48.5 Å². The highest BCUT2D eigenvalue weighted by Gasteiger charge is 2.17. The van der Waals surface area contributed by atoms with Crippen LogP contribution in [0.4, 0.5) is 0 Å². The maximum Gasteiger partial charge on any atom is 0.318 e. The van der Waals surface area contributed by atoms with Gasteiger partial charge >= 0.3 is 5.97 Å². The molecule has 8 heteroatoms. The minimum Gasteiger partial charge on any atom is -0.426 e. The maximum atomic E-state index is 12.3. The maximum absolute atomic E-state index is 12.3. The summed E-state index contributed by atoms with van der Waals surface area (Å²) in [7, 11) is -3.67. The first-order valence-electron chi connectivity index (χ1n) is 8.62. The number of rotatable bonds is 4. The SMILES string of the molecule is CC(C(=O)Oc1ccc2cc(C(=N)N)ccc2c1)c1ccccc1.CS(=O)(=O)O. The molecule has 0 fully saturated rings. The third-order valence-corrected chi connectivity index (χ3v) is 3.99. The van der Waals surface area contributed by atoms with E-state index in [1.54, 1.807) is 12.1 Å². The number of benzene rings is 3. The third kappa shape index (κ3) is 7.02. The standard InChI is InChI=1S/C20H18N2O2.CH4O3S/c1-13(14-5-3-2-4-6-14)20(23)24-18-10-9-15-11-17(19(21)22)8-7-16(15)12-18;1-5(2,3)4/h2-13H,1H3,(H3,21,22);1H3,(H,2,3,4). The Kier molecular flexibility index (Phi) is 7.08. The third-order valence-electron chi connectivity index (χ3n) is 3.99. The van der Waals surface area contributed by atoms with Gasteiger partial charge in [-0.3, -0.25) is 14.8 Å². The van der Waals surface area contributed by atoms with E-state index in [-0.39, 0.29) is 17.7 Å². The number of hydrogen-bond donors (Lipinski definition) is 3. The van der Waals surface area contributed by atoms with E-state index in [2.05, 4.69) is 0 Å². The van der Waals surface area contributed by atoms with Crippen LogP contribution in [0.15, 0.2) is 66.7 Å². The summed E-state index contributed by atoms with van der Waals surface area (Å²) < 4.78 is 31.4. The lowest BCUT2D eigenvalue weighted by molar-refractivity contribution is -0.135. The number of fused-ring (bicyclic) bond motifs is 1. The molecule has 0 aliphatic carbocycles. The normalized spacial score (nSPS) is 11.8. The van der Waals surface area contributed by atoms with Gasteiger partial charge in [0, 0.05) is 5.56 Å². The zero-order valence-electron chi connectivity index (χ0n) is 16.0. The number of carbonyl (C=O) groups excluding carboxylic acids is 1. The molecule has 3 aromatic rings. The smallest absolute Gasteiger partial charge is 0.318 e. The Morgan fingerprint density at radius 3 is 2.17 bits per heavy atom. The minimum absolute atomic E-state index is 0.0316. The number of nitrogens with two attached hydrogens (primary N) is 1. The molecule has 152 valence electrons. The molecule has 4 N–H and O–H groups in total. The monoisotopic (exact) mass is 414 g/mol. The van der Waals surface area contributed by atoms with E-state index >= 15 is 0 Å². The summed E-state index contributed by atoms with van der Waals surface area (Å²) in [6.45, 7) is 1.83. The summed E-state index contributed by atoms with van der Waals surface area (Å²) in [5, 5.41) is 9.35. The second-order valence-corrected chi connectivity index (χ2v) is 7.89. The van der Waals surface area contributed by atoms with Gasteiger partial charge in [0.2, 0.25) is 0 Å². The van der Waals surface area contributed by atoms with Crippen molar-refractivity contribution in [2.24, 2.45) is 5.73 Å². The molecule has 3 aromatic carbocycles. The lowest BCUT2D eigenvalue weighted by atomic mass is 10.0. The van der Waals surface area contributed by atoms with E-state index in [0.29, 0.717) is 17.6 Å². The second-order valence-electron chi connectivity index (χ2n) is 6.42. The van der Waals surface area contributed by atoms with Crippen molar-refractivity contribution in [3.05, 3.63) is 77.9 Å². The van der Waals surface area contributed by atoms with Gasteiger partial charge in [-0.2, -0.15) is 8.42 Å². The zero-order chi connectivity index (χ0) is 21.6. The van der Waals surface area contributed by atoms with Crippen LogP contribution in [0, 0.1) is 5.41 Å². The Morgan fingerprint density at radius 1 is 1.03 bits per heavy atom. The number of nitrogens with one attached hydrogen (secondary N) is 1. The molecule has 0 heterocycles. The largest absolute Gasteiger partial charge is 0.426 e. The molecule has 7 nitrogen and oxygen atoms in total. The molecule has 29 heavy (non-hydrogen) atoms. The summed E-state index contributed by atoms with van der Waals surface area (Å²) in [6, 6.07) is 20.5. The van der Waals surface area contributed by atoms with Crippen LogP contribution >= 0.6 is 0 Å². The van der Waals surface area contributed by atoms with E-state index in [0.717, 1.165) is 16.3 Å². The Hall–Kier alpha value is -3.23. The average Bonchev–Trinajstić information content (AvgIpc) is 2.66. The van der Waals surface area contributed by atoms with Crippen molar-refractivity contribution in [1.29, 1.82) is 5.41 Å². The highest BCUT2D eigenvalue weighted by atomic mass is 32.2. The van der Waals surface area contributed by atoms with Gasteiger partial charge in [0.05, 0.1) is 12.2 Å². The van der Waals surface area contributed by atoms with E-state index in [9.17, 15) is 13.2 Å². The minimum atomic E-state index is -3.67. The van der Waals surface area contributed by atoms with Gasteiger partial charge in [-0.05, 0) is 41.5 Å². The quantitative estimate of drug-likeness (QED) is 0.197. The molecule has 0 saturated carbocycles. The van der Waals surface area contributed by atoms with E-state index in [1.165, 1.54) is 0 Å². The molecule has 3 rings (SSSR count). The number of carbonyl (C=O) groups is 1. The van der Waals surface area contributed by atoms with Crippen molar-refractivity contribution in [2.75, 3.05) is 6.26 Å². The fourth-order valence-corrected chi connectivity index (χ4v) is 2.54. The first kappa shape index (κ1) is 22.1. The van der Waals surface area contributed by atoms with E-state index < -0.39 is 10.1 Å². The van der Waals surface area contributed by atoms with Crippen LogP contribution in [0.1, 0.15) is 24.0 Å². The average molecular weight is 414 g/mol. The number of ether oxygens (including phenoxy) is 1. The number of esters is 1. The van der Waals surface area contributed by atoms with Gasteiger partial charge in [0.25, 0.3) is 10.1 Å². The predicted octanol–water partition coefficient (Wildman–Crippen LogP) is 3.34. The van der Waals surface area contributed by atoms with Crippen LogP contribution in [0.5, 0.6) is 5.75 Å². The molecule has 0 aliphatic rings. The van der Waals surface area contributed by atoms with Crippen LogP contribution in [-0.4, -0.2) is 31.0 Å². The first-order valence-corrected chi connectivity index (χ1v) is 10.5. The van der Waals surface area contributed by atoms with Crippen molar-refractivity contribution in [1.82, 2.24) is 0 Å². The molecule has 1 atom stereocenters. The van der Waals surface area contributed by atoms with Gasteiger partial charge in [0.1, 0.15) is 11.6 Å². The summed E-state index contributed by atoms with van der Waals surface area (Å²) in [5.41, 5.74) is 7.10. The van der Waals surface area contributed by atoms with Crippen molar-refractivity contribution >= 4 is 32.7 Å². The van der Waals surface area contributed by atoms with Crippen molar-refractivity contribution in [3.63, 3.8) is 0 Å². The van der Waals surface area contributed by atoms with Gasteiger partial charge in [-0.15, -0.1) is 0 Å². The van der Waals surface area contributed by atoms with Crippen molar-refractivity contribution in [2.45, 2.75) is 12.8 Å². The van der Waals surface area contributed by atoms with E-state index in [1.807, 2.05) is 61.5 Å². The van der Waals surface area contributed by atoms with Crippen LogP contribution in [-0.2, 0) is 14.9 Å². The Balaban J connectivity index is 0.000000537. The van der Waals surface area contributed by atoms with Gasteiger partial charge in [0.15, 0.2) is 0 Å². The molecule has 0 aromatic heterocycles. The fraction of sp³-hybridized carbons (Fsp3) is 0.143. The summed E-state index contributed by atoms with van der Waals surface area (Å²) in [6.07, 6.45) is 0.715. The first-order chi connectivity index (χ1) is 13.5. The molecule has 0 bridgehead atoms. The van der Waals surface area contributed by atoms with E-state index in [4.69, 9.17) is 20.4 Å². The second kappa shape index (κ2) is 9.31. The highest BCUT2D eigenvalue weighted by Crippen LogP contribution is 2.24.